The molecule has 21 heavy (non-hydrogen) atoms. The SMILES string of the molecule is CCOC(=O)c1cnn(-c2cccc(N)c2)c1C(F)(F)F. The predicted molar refractivity (Wildman–Crippen MR) is 68.9 cm³/mol. The highest BCUT2D eigenvalue weighted by molar-refractivity contribution is 5.90. The van der Waals surface area contributed by atoms with E-state index >= 15 is 0 Å². The summed E-state index contributed by atoms with van der Waals surface area (Å²) in [6.45, 7) is 1.48. The molecule has 0 saturated heterocycles. The van der Waals surface area contributed by atoms with E-state index in [-0.39, 0.29) is 18.0 Å². The number of nitrogens with zero attached hydrogens (tertiary/aromatic N) is 2. The Hall–Kier alpha value is -2.51. The molecule has 1 aromatic carbocycles. The number of esters is 1. The van der Waals surface area contributed by atoms with E-state index < -0.39 is 23.4 Å². The van der Waals surface area contributed by atoms with Gasteiger partial charge in [0.1, 0.15) is 5.56 Å². The molecular weight excluding hydrogens is 287 g/mol. The van der Waals surface area contributed by atoms with Gasteiger partial charge in [0.25, 0.3) is 0 Å². The van der Waals surface area contributed by atoms with Crippen molar-refractivity contribution in [2.24, 2.45) is 0 Å². The number of benzene rings is 1. The van der Waals surface area contributed by atoms with Gasteiger partial charge in [0, 0.05) is 5.69 Å². The lowest BCUT2D eigenvalue weighted by atomic mass is 10.2. The Kier molecular flexibility index (Phi) is 3.88. The molecule has 1 heterocycles. The van der Waals surface area contributed by atoms with Crippen LogP contribution in [-0.2, 0) is 10.9 Å². The highest BCUT2D eigenvalue weighted by Crippen LogP contribution is 2.34. The van der Waals surface area contributed by atoms with Crippen LogP contribution in [0.1, 0.15) is 23.0 Å². The Bertz CT molecular complexity index is 665. The summed E-state index contributed by atoms with van der Waals surface area (Å²) in [7, 11) is 0. The van der Waals surface area contributed by atoms with Crippen LogP contribution in [-0.4, -0.2) is 22.4 Å². The topological polar surface area (TPSA) is 70.1 Å². The summed E-state index contributed by atoms with van der Waals surface area (Å²) < 4.78 is 44.9. The molecule has 2 rings (SSSR count). The second kappa shape index (κ2) is 5.47. The van der Waals surface area contributed by atoms with Crippen LogP contribution in [0.2, 0.25) is 0 Å². The van der Waals surface area contributed by atoms with Crippen LogP contribution < -0.4 is 5.73 Å². The molecule has 0 radical (unpaired) electrons. The third-order valence-electron chi connectivity index (χ3n) is 2.65. The van der Waals surface area contributed by atoms with Gasteiger partial charge in [0.05, 0.1) is 18.5 Å². The van der Waals surface area contributed by atoms with Crippen LogP contribution in [0.15, 0.2) is 30.5 Å². The molecule has 112 valence electrons. The molecule has 0 saturated carbocycles. The van der Waals surface area contributed by atoms with Crippen molar-refractivity contribution in [2.75, 3.05) is 12.3 Å². The van der Waals surface area contributed by atoms with Crippen molar-refractivity contribution in [3.05, 3.63) is 41.7 Å². The normalized spacial score (nSPS) is 11.4. The van der Waals surface area contributed by atoms with Crippen molar-refractivity contribution in [1.82, 2.24) is 9.78 Å². The summed E-state index contributed by atoms with van der Waals surface area (Å²) in [4.78, 5) is 11.6. The number of anilines is 1. The number of ether oxygens (including phenoxy) is 1. The minimum Gasteiger partial charge on any atom is -0.462 e. The minimum atomic E-state index is -4.76. The zero-order valence-corrected chi connectivity index (χ0v) is 11.0. The van der Waals surface area contributed by atoms with E-state index in [9.17, 15) is 18.0 Å². The lowest BCUT2D eigenvalue weighted by Gasteiger charge is -2.12. The molecule has 1 aromatic heterocycles. The fourth-order valence-corrected chi connectivity index (χ4v) is 1.83. The molecule has 2 N–H and O–H groups in total. The van der Waals surface area contributed by atoms with Gasteiger partial charge in [-0.25, -0.2) is 9.48 Å². The number of hydrogen-bond acceptors (Lipinski definition) is 4. The predicted octanol–water partition coefficient (Wildman–Crippen LogP) is 2.65. The first kappa shape index (κ1) is 14.9. The third kappa shape index (κ3) is 2.99. The standard InChI is InChI=1S/C13H12F3N3O2/c1-2-21-12(20)10-7-18-19(11(10)13(14,15)16)9-5-3-4-8(17)6-9/h3-7H,2,17H2,1H3. The van der Waals surface area contributed by atoms with Crippen LogP contribution >= 0.6 is 0 Å². The molecule has 0 amide bonds. The first-order chi connectivity index (χ1) is 9.84. The number of alkyl halides is 3. The van der Waals surface area contributed by atoms with Gasteiger partial charge in [0.15, 0.2) is 5.69 Å². The summed E-state index contributed by atoms with van der Waals surface area (Å²) in [5.74, 6) is -1.07. The summed E-state index contributed by atoms with van der Waals surface area (Å²) in [5.41, 5.74) is 4.13. The molecule has 5 nitrogen and oxygen atoms in total. The number of carbonyl (C=O) groups excluding carboxylic acids is 1. The van der Waals surface area contributed by atoms with Gasteiger partial charge in [-0.2, -0.15) is 18.3 Å². The van der Waals surface area contributed by atoms with Crippen LogP contribution in [0.25, 0.3) is 5.69 Å². The van der Waals surface area contributed by atoms with Gasteiger partial charge < -0.3 is 10.5 Å². The van der Waals surface area contributed by atoms with E-state index in [4.69, 9.17) is 5.73 Å². The Balaban J connectivity index is 2.60. The number of aromatic nitrogens is 2. The van der Waals surface area contributed by atoms with E-state index in [1.807, 2.05) is 0 Å². The average molecular weight is 299 g/mol. The third-order valence-corrected chi connectivity index (χ3v) is 2.65. The average Bonchev–Trinajstić information content (AvgIpc) is 2.83. The summed E-state index contributed by atoms with van der Waals surface area (Å²) >= 11 is 0. The number of carbonyl (C=O) groups is 1. The van der Waals surface area contributed by atoms with Crippen LogP contribution in [0, 0.1) is 0 Å². The highest BCUT2D eigenvalue weighted by Gasteiger charge is 2.41. The Morgan fingerprint density at radius 3 is 2.71 bits per heavy atom. The molecule has 0 aliphatic rings. The fourth-order valence-electron chi connectivity index (χ4n) is 1.83. The zero-order valence-electron chi connectivity index (χ0n) is 11.0. The van der Waals surface area contributed by atoms with Crippen molar-refractivity contribution in [1.29, 1.82) is 0 Å². The van der Waals surface area contributed by atoms with E-state index in [2.05, 4.69) is 9.84 Å². The molecule has 2 aromatic rings. The van der Waals surface area contributed by atoms with Gasteiger partial charge >= 0.3 is 12.1 Å². The quantitative estimate of drug-likeness (QED) is 0.698. The van der Waals surface area contributed by atoms with Gasteiger partial charge in [-0.3, -0.25) is 0 Å². The van der Waals surface area contributed by atoms with Crippen LogP contribution in [0.3, 0.4) is 0 Å². The Morgan fingerprint density at radius 2 is 2.14 bits per heavy atom. The maximum atomic E-state index is 13.2. The van der Waals surface area contributed by atoms with E-state index in [0.717, 1.165) is 6.20 Å². The van der Waals surface area contributed by atoms with E-state index in [0.29, 0.717) is 4.68 Å². The first-order valence-electron chi connectivity index (χ1n) is 6.03. The van der Waals surface area contributed by atoms with Crippen molar-refractivity contribution >= 4 is 11.7 Å². The fraction of sp³-hybridized carbons (Fsp3) is 0.231. The molecule has 0 spiro atoms. The lowest BCUT2D eigenvalue weighted by Crippen LogP contribution is -2.18. The van der Waals surface area contributed by atoms with Crippen LogP contribution in [0.4, 0.5) is 18.9 Å². The summed E-state index contributed by atoms with van der Waals surface area (Å²) in [6.07, 6.45) is -3.92. The monoisotopic (exact) mass is 299 g/mol. The maximum Gasteiger partial charge on any atom is 0.434 e. The lowest BCUT2D eigenvalue weighted by molar-refractivity contribution is -0.143. The zero-order chi connectivity index (χ0) is 15.6. The molecular formula is C13H12F3N3O2. The smallest absolute Gasteiger partial charge is 0.434 e. The van der Waals surface area contributed by atoms with Gasteiger partial charge in [-0.05, 0) is 25.1 Å². The number of nitrogens with two attached hydrogens (primary N) is 1. The van der Waals surface area contributed by atoms with Crippen molar-refractivity contribution in [3.63, 3.8) is 0 Å². The molecule has 0 atom stereocenters. The number of nitrogen functional groups attached to an aromatic ring is 1. The first-order valence-corrected chi connectivity index (χ1v) is 6.03. The van der Waals surface area contributed by atoms with E-state index in [1.165, 1.54) is 31.2 Å². The Morgan fingerprint density at radius 1 is 1.43 bits per heavy atom. The second-order valence-electron chi connectivity index (χ2n) is 4.13. The van der Waals surface area contributed by atoms with Crippen LogP contribution in [0.5, 0.6) is 0 Å². The number of rotatable bonds is 3. The van der Waals surface area contributed by atoms with Crippen molar-refractivity contribution < 1.29 is 22.7 Å². The Labute approximate surface area is 118 Å². The molecule has 0 bridgehead atoms. The minimum absolute atomic E-state index is 0.0282. The van der Waals surface area contributed by atoms with Gasteiger partial charge in [0.2, 0.25) is 0 Å². The van der Waals surface area contributed by atoms with Gasteiger partial charge in [-0.1, -0.05) is 6.07 Å². The molecule has 0 unspecified atom stereocenters. The van der Waals surface area contributed by atoms with E-state index in [1.54, 1.807) is 0 Å². The number of halogens is 3. The molecule has 0 fully saturated rings. The largest absolute Gasteiger partial charge is 0.462 e. The van der Waals surface area contributed by atoms with Gasteiger partial charge in [-0.15, -0.1) is 0 Å². The molecule has 0 aliphatic heterocycles. The molecule has 8 heteroatoms. The molecule has 0 aliphatic carbocycles. The second-order valence-corrected chi connectivity index (χ2v) is 4.13. The maximum absolute atomic E-state index is 13.2. The van der Waals surface area contributed by atoms with Crippen molar-refractivity contribution in [3.8, 4) is 5.69 Å². The number of hydrogen-bond donors (Lipinski definition) is 1. The highest BCUT2D eigenvalue weighted by atomic mass is 19.4. The summed E-state index contributed by atoms with van der Waals surface area (Å²) in [5, 5.41) is 3.64. The van der Waals surface area contributed by atoms with Crippen molar-refractivity contribution in [2.45, 2.75) is 13.1 Å². The summed E-state index contributed by atoms with van der Waals surface area (Å²) in [6, 6.07) is 5.77.